The van der Waals surface area contributed by atoms with Crippen LogP contribution < -0.4 is 16.0 Å². The molecule has 1 aliphatic heterocycles. The third-order valence-corrected chi connectivity index (χ3v) is 8.93. The van der Waals surface area contributed by atoms with Gasteiger partial charge in [0, 0.05) is 80.7 Å². The first kappa shape index (κ1) is 32.3. The average Bonchev–Trinajstić information content (AvgIpc) is 3.29. The Morgan fingerprint density at radius 3 is 2.47 bits per heavy atom. The van der Waals surface area contributed by atoms with E-state index in [0.717, 1.165) is 13.1 Å². The summed E-state index contributed by atoms with van der Waals surface area (Å²) in [7, 11) is 4.88. The molecule has 1 saturated heterocycles. The van der Waals surface area contributed by atoms with Gasteiger partial charge in [0.2, 0.25) is 0 Å². The zero-order chi connectivity index (χ0) is 32.6. The maximum absolute atomic E-state index is 15.6. The van der Waals surface area contributed by atoms with Crippen molar-refractivity contribution in [1.82, 2.24) is 25.1 Å². The van der Waals surface area contributed by atoms with E-state index < -0.39 is 17.5 Å². The van der Waals surface area contributed by atoms with Crippen LogP contribution in [0.1, 0.15) is 40.4 Å². The topological polar surface area (TPSA) is 124 Å². The maximum atomic E-state index is 15.6. The van der Waals surface area contributed by atoms with E-state index in [9.17, 15) is 9.59 Å². The summed E-state index contributed by atoms with van der Waals surface area (Å²) < 4.78 is 37.6. The molecule has 0 spiro atoms. The number of methoxy groups -OCH3 is 1. The van der Waals surface area contributed by atoms with Crippen LogP contribution in [-0.2, 0) is 11.8 Å². The Bertz CT molecular complexity index is 1700. The van der Waals surface area contributed by atoms with Crippen LogP contribution in [0.4, 0.5) is 14.5 Å². The molecular weight excluding hydrogens is 604 g/mol. The van der Waals surface area contributed by atoms with Gasteiger partial charge in [-0.25, -0.2) is 13.8 Å². The van der Waals surface area contributed by atoms with E-state index in [1.807, 2.05) is 4.90 Å². The van der Waals surface area contributed by atoms with Crippen LogP contribution in [0, 0.1) is 28.9 Å². The van der Waals surface area contributed by atoms with Crippen molar-refractivity contribution in [1.29, 1.82) is 5.41 Å². The minimum atomic E-state index is -1.12. The molecular formula is C32H36ClF2N7O3. The number of carbonyl (C=O) groups excluding carboxylic acids is 2. The Morgan fingerprint density at radius 2 is 1.82 bits per heavy atom. The number of amides is 2. The van der Waals surface area contributed by atoms with E-state index in [2.05, 4.69) is 20.9 Å². The van der Waals surface area contributed by atoms with Crippen molar-refractivity contribution in [2.75, 3.05) is 45.7 Å². The highest BCUT2D eigenvalue weighted by Crippen LogP contribution is 2.42. The quantitative estimate of drug-likeness (QED) is 0.228. The first-order valence-electron chi connectivity index (χ1n) is 14.5. The van der Waals surface area contributed by atoms with Crippen molar-refractivity contribution in [3.63, 3.8) is 0 Å². The number of imidazole rings is 1. The summed E-state index contributed by atoms with van der Waals surface area (Å²) in [6.45, 7) is 5.99. The van der Waals surface area contributed by atoms with Crippen molar-refractivity contribution < 1.29 is 23.1 Å². The van der Waals surface area contributed by atoms with Crippen LogP contribution in [0.2, 0.25) is 5.02 Å². The zero-order valence-corrected chi connectivity index (χ0v) is 26.5. The molecule has 2 fully saturated rings. The molecule has 13 heteroatoms. The molecule has 2 aromatic carbocycles. The standard InChI is InChI=1S/C32H36ClF2N7O3/c1-16(36)26(17(2)41(3)10-11-45-5)21-9-8-20(27(34)28(21)35)25-15-38-30(42(25)4)32(44)39-18-6-7-19(24(33)12-18)31(43)40-29-22-13-37-14-23(22)29/h6-9,12,15,22-23,29,36-37H,10-11,13-14H2,1-5H3,(H,39,44)(H,40,43)/b26-17+,36-16?/t22-,23+,29+. The van der Waals surface area contributed by atoms with Crippen molar-refractivity contribution in [3.05, 3.63) is 75.8 Å². The summed E-state index contributed by atoms with van der Waals surface area (Å²) in [5, 5.41) is 17.4. The number of hydrogen-bond acceptors (Lipinski definition) is 7. The van der Waals surface area contributed by atoms with Crippen molar-refractivity contribution in [2.24, 2.45) is 18.9 Å². The van der Waals surface area contributed by atoms with Gasteiger partial charge < -0.3 is 35.6 Å². The average molecular weight is 640 g/mol. The lowest BCUT2D eigenvalue weighted by Gasteiger charge is -2.23. The van der Waals surface area contributed by atoms with Gasteiger partial charge in [-0.3, -0.25) is 9.59 Å². The summed E-state index contributed by atoms with van der Waals surface area (Å²) in [5.74, 6) is -2.24. The fraction of sp³-hybridized carbons (Fsp3) is 0.375. The molecule has 2 heterocycles. The van der Waals surface area contributed by atoms with Gasteiger partial charge in [0.25, 0.3) is 11.8 Å². The molecule has 238 valence electrons. The third kappa shape index (κ3) is 6.35. The third-order valence-electron chi connectivity index (χ3n) is 8.62. The number of allylic oxidation sites excluding steroid dienone is 2. The number of anilines is 1. The highest BCUT2D eigenvalue weighted by Gasteiger charge is 2.53. The molecule has 3 atom stereocenters. The normalized spacial score (nSPS) is 19.1. The molecule has 10 nitrogen and oxygen atoms in total. The Hall–Kier alpha value is -4.13. The lowest BCUT2D eigenvalue weighted by atomic mass is 9.96. The number of likely N-dealkylation sites (N-methyl/N-ethyl adjacent to an activating group) is 1. The molecule has 0 radical (unpaired) electrons. The van der Waals surface area contributed by atoms with Gasteiger partial charge >= 0.3 is 0 Å². The summed E-state index contributed by atoms with van der Waals surface area (Å²) in [5.41, 5.74) is 1.65. The van der Waals surface area contributed by atoms with Crippen molar-refractivity contribution in [3.8, 4) is 11.3 Å². The number of fused-ring (bicyclic) bond motifs is 1. The van der Waals surface area contributed by atoms with E-state index in [-0.39, 0.29) is 50.9 Å². The van der Waals surface area contributed by atoms with Crippen molar-refractivity contribution in [2.45, 2.75) is 19.9 Å². The summed E-state index contributed by atoms with van der Waals surface area (Å²) in [6.07, 6.45) is 1.29. The molecule has 2 amide bonds. The Kier molecular flexibility index (Phi) is 9.38. The highest BCUT2D eigenvalue weighted by molar-refractivity contribution is 6.34. The maximum Gasteiger partial charge on any atom is 0.291 e. The molecule has 1 saturated carbocycles. The lowest BCUT2D eigenvalue weighted by molar-refractivity contribution is 0.0946. The van der Waals surface area contributed by atoms with Gasteiger partial charge in [-0.2, -0.15) is 0 Å². The number of aromatic nitrogens is 2. The van der Waals surface area contributed by atoms with Crippen LogP contribution >= 0.6 is 11.6 Å². The van der Waals surface area contributed by atoms with Crippen LogP contribution in [0.5, 0.6) is 0 Å². The number of carbonyl (C=O) groups is 2. The van der Waals surface area contributed by atoms with E-state index >= 15 is 8.78 Å². The van der Waals surface area contributed by atoms with Crippen molar-refractivity contribution >= 4 is 40.4 Å². The van der Waals surface area contributed by atoms with Gasteiger partial charge in [0.1, 0.15) is 0 Å². The molecule has 1 aromatic heterocycles. The Labute approximate surface area is 265 Å². The number of benzene rings is 2. The molecule has 2 aliphatic rings. The Balaban J connectivity index is 1.33. The van der Waals surface area contributed by atoms with Crippen LogP contribution in [0.3, 0.4) is 0 Å². The fourth-order valence-corrected chi connectivity index (χ4v) is 6.16. The van der Waals surface area contributed by atoms with E-state index in [1.165, 1.54) is 42.9 Å². The molecule has 0 bridgehead atoms. The number of halogens is 3. The summed E-state index contributed by atoms with van der Waals surface area (Å²) in [4.78, 5) is 31.8. The number of nitrogens with zero attached hydrogens (tertiary/aromatic N) is 3. The number of rotatable bonds is 11. The Morgan fingerprint density at radius 1 is 1.13 bits per heavy atom. The lowest BCUT2D eigenvalue weighted by Crippen LogP contribution is -2.32. The predicted molar refractivity (Wildman–Crippen MR) is 170 cm³/mol. The van der Waals surface area contributed by atoms with Gasteiger partial charge in [0.15, 0.2) is 17.5 Å². The number of piperidine rings is 1. The molecule has 1 aliphatic carbocycles. The van der Waals surface area contributed by atoms with Gasteiger partial charge in [-0.1, -0.05) is 17.7 Å². The minimum Gasteiger partial charge on any atom is -0.383 e. The molecule has 45 heavy (non-hydrogen) atoms. The van der Waals surface area contributed by atoms with Crippen LogP contribution in [-0.4, -0.2) is 78.4 Å². The fourth-order valence-electron chi connectivity index (χ4n) is 5.89. The second-order valence-corrected chi connectivity index (χ2v) is 11.9. The van der Waals surface area contributed by atoms with Gasteiger partial charge in [-0.15, -0.1) is 0 Å². The second-order valence-electron chi connectivity index (χ2n) is 11.4. The summed E-state index contributed by atoms with van der Waals surface area (Å²) in [6, 6.07) is 7.57. The molecule has 4 N–H and O–H groups in total. The van der Waals surface area contributed by atoms with Crippen LogP contribution in [0.25, 0.3) is 16.8 Å². The molecule has 5 rings (SSSR count). The first-order valence-corrected chi connectivity index (χ1v) is 14.9. The predicted octanol–water partition coefficient (Wildman–Crippen LogP) is 4.57. The minimum absolute atomic E-state index is 0.0448. The number of nitrogens with one attached hydrogen (secondary N) is 4. The van der Waals surface area contributed by atoms with Crippen LogP contribution in [0.15, 0.2) is 42.2 Å². The van der Waals surface area contributed by atoms with Gasteiger partial charge in [-0.05, 0) is 49.9 Å². The van der Waals surface area contributed by atoms with E-state index in [1.54, 1.807) is 33.2 Å². The highest BCUT2D eigenvalue weighted by atomic mass is 35.5. The molecule has 0 unspecified atom stereocenters. The van der Waals surface area contributed by atoms with Gasteiger partial charge in [0.05, 0.1) is 29.1 Å². The SMILES string of the molecule is COCCN(C)/C(C)=C(\C(C)=N)c1ccc(-c2cnc(C(=O)Nc3ccc(C(=O)N[C@H]4[C@@H]5CNC[C@@H]54)c(Cl)c3)n2C)c(F)c1F. The first-order chi connectivity index (χ1) is 21.4. The van der Waals surface area contributed by atoms with E-state index in [4.69, 9.17) is 21.7 Å². The number of hydrogen-bond donors (Lipinski definition) is 4. The number of ether oxygens (including phenoxy) is 1. The monoisotopic (exact) mass is 639 g/mol. The smallest absolute Gasteiger partial charge is 0.291 e. The summed E-state index contributed by atoms with van der Waals surface area (Å²) >= 11 is 6.39. The second kappa shape index (κ2) is 13.1. The van der Waals surface area contributed by atoms with E-state index in [0.29, 0.717) is 41.9 Å². The zero-order valence-electron chi connectivity index (χ0n) is 25.7. The largest absolute Gasteiger partial charge is 0.383 e. The molecule has 3 aromatic rings.